The maximum Gasteiger partial charge on any atom is 0.418 e. The van der Waals surface area contributed by atoms with E-state index in [2.05, 4.69) is 4.98 Å². The van der Waals surface area contributed by atoms with Crippen LogP contribution in [0.1, 0.15) is 33.6 Å². The molecule has 0 aliphatic rings. The molecule has 4 nitrogen and oxygen atoms in total. The smallest absolute Gasteiger partial charge is 0.418 e. The molecule has 0 saturated heterocycles. The first-order valence-electron chi connectivity index (χ1n) is 4.21. The van der Waals surface area contributed by atoms with Gasteiger partial charge in [0.05, 0.1) is 16.7 Å². The highest BCUT2D eigenvalue weighted by atomic mass is 19.4. The number of nitrogens with zero attached hydrogens (tertiary/aromatic N) is 2. The van der Waals surface area contributed by atoms with Crippen molar-refractivity contribution in [3.05, 3.63) is 28.6 Å². The van der Waals surface area contributed by atoms with Crippen molar-refractivity contribution in [1.29, 1.82) is 5.26 Å². The number of aromatic nitrogens is 1. The van der Waals surface area contributed by atoms with Crippen molar-refractivity contribution in [3.63, 3.8) is 0 Å². The minimum atomic E-state index is -5.10. The Morgan fingerprint density at radius 1 is 1.44 bits per heavy atom. The number of carboxylic acids is 1. The lowest BCUT2D eigenvalue weighted by molar-refractivity contribution is -0.138. The van der Waals surface area contributed by atoms with Gasteiger partial charge in [-0.05, 0) is 0 Å². The molecule has 0 amide bonds. The molecule has 1 N–H and O–H groups in total. The van der Waals surface area contributed by atoms with Crippen molar-refractivity contribution in [2.45, 2.75) is 12.6 Å². The Kier molecular flexibility index (Phi) is 3.50. The van der Waals surface area contributed by atoms with Crippen LogP contribution in [0.5, 0.6) is 0 Å². The molecule has 0 unspecified atom stereocenters. The third-order valence-electron chi connectivity index (χ3n) is 1.95. The minimum absolute atomic E-state index is 0.0220. The molecule has 1 heterocycles. The summed E-state index contributed by atoms with van der Waals surface area (Å²) < 4.78 is 62.2. The zero-order valence-electron chi connectivity index (χ0n) is 8.29. The van der Waals surface area contributed by atoms with Gasteiger partial charge in [0.2, 0.25) is 0 Å². The molecule has 9 heteroatoms. The maximum absolute atomic E-state index is 12.5. The second-order valence-electron chi connectivity index (χ2n) is 3.02. The molecule has 0 aliphatic heterocycles. The maximum atomic E-state index is 12.5. The van der Waals surface area contributed by atoms with E-state index in [1.165, 1.54) is 0 Å². The lowest BCUT2D eigenvalue weighted by Gasteiger charge is -2.12. The molecule has 0 saturated carbocycles. The van der Waals surface area contributed by atoms with Gasteiger partial charge in [-0.3, -0.25) is 4.98 Å². The largest absolute Gasteiger partial charge is 0.478 e. The molecule has 0 aliphatic carbocycles. The van der Waals surface area contributed by atoms with Crippen LogP contribution in [0.15, 0.2) is 6.20 Å². The van der Waals surface area contributed by atoms with Crippen LogP contribution >= 0.6 is 0 Å². The first-order valence-corrected chi connectivity index (χ1v) is 4.21. The molecule has 0 spiro atoms. The highest BCUT2D eigenvalue weighted by molar-refractivity contribution is 5.92. The van der Waals surface area contributed by atoms with Crippen LogP contribution in [-0.2, 0) is 6.18 Å². The van der Waals surface area contributed by atoms with Crippen molar-refractivity contribution in [3.8, 4) is 6.07 Å². The van der Waals surface area contributed by atoms with Gasteiger partial charge in [-0.15, -0.1) is 0 Å². The van der Waals surface area contributed by atoms with E-state index in [0.717, 1.165) is 6.07 Å². The van der Waals surface area contributed by atoms with E-state index in [1.807, 2.05) is 0 Å². The van der Waals surface area contributed by atoms with Crippen LogP contribution in [-0.4, -0.2) is 16.1 Å². The normalized spacial score (nSPS) is 11.4. The summed E-state index contributed by atoms with van der Waals surface area (Å²) in [6.07, 6.45) is -8.47. The predicted octanol–water partition coefficient (Wildman–Crippen LogP) is 2.61. The Hall–Kier alpha value is -2.24. The number of hydrogen-bond donors (Lipinski definition) is 1. The van der Waals surface area contributed by atoms with Crippen molar-refractivity contribution in [1.82, 2.24) is 4.98 Å². The Balaban J connectivity index is 3.72. The highest BCUT2D eigenvalue weighted by Gasteiger charge is 2.39. The summed E-state index contributed by atoms with van der Waals surface area (Å²) in [6.45, 7) is 0. The molecule has 0 bridgehead atoms. The fraction of sp³-hybridized carbons (Fsp3) is 0.222. The summed E-state index contributed by atoms with van der Waals surface area (Å²) in [5.41, 5.74) is -5.83. The SMILES string of the molecule is N#Cc1c(C(F)F)ncc(C(F)(F)F)c1C(=O)O. The van der Waals surface area contributed by atoms with Crippen LogP contribution < -0.4 is 0 Å². The highest BCUT2D eigenvalue weighted by Crippen LogP contribution is 2.35. The van der Waals surface area contributed by atoms with E-state index in [9.17, 15) is 26.7 Å². The molecular weight excluding hydrogens is 263 g/mol. The summed E-state index contributed by atoms with van der Waals surface area (Å²) in [5, 5.41) is 17.2. The van der Waals surface area contributed by atoms with E-state index in [1.54, 1.807) is 0 Å². The summed E-state index contributed by atoms with van der Waals surface area (Å²) >= 11 is 0. The minimum Gasteiger partial charge on any atom is -0.478 e. The second kappa shape index (κ2) is 4.56. The van der Waals surface area contributed by atoms with Gasteiger partial charge in [-0.2, -0.15) is 18.4 Å². The lowest BCUT2D eigenvalue weighted by atomic mass is 10.0. The molecular formula is C9H3F5N2O2. The van der Waals surface area contributed by atoms with Crippen molar-refractivity contribution in [2.75, 3.05) is 0 Å². The number of pyridine rings is 1. The second-order valence-corrected chi connectivity index (χ2v) is 3.02. The zero-order valence-corrected chi connectivity index (χ0v) is 8.29. The average molecular weight is 266 g/mol. The van der Waals surface area contributed by atoms with E-state index in [-0.39, 0.29) is 6.20 Å². The van der Waals surface area contributed by atoms with Gasteiger partial charge in [0.25, 0.3) is 6.43 Å². The number of alkyl halides is 5. The number of rotatable bonds is 2. The molecule has 0 atom stereocenters. The fourth-order valence-corrected chi connectivity index (χ4v) is 1.24. The van der Waals surface area contributed by atoms with Crippen LogP contribution in [0.3, 0.4) is 0 Å². The van der Waals surface area contributed by atoms with Gasteiger partial charge < -0.3 is 5.11 Å². The van der Waals surface area contributed by atoms with E-state index in [4.69, 9.17) is 10.4 Å². The van der Waals surface area contributed by atoms with Gasteiger partial charge in [-0.1, -0.05) is 0 Å². The zero-order chi connectivity index (χ0) is 14.1. The summed E-state index contributed by atoms with van der Waals surface area (Å²) in [5.74, 6) is -2.12. The number of halogens is 5. The van der Waals surface area contributed by atoms with Crippen LogP contribution in [0.2, 0.25) is 0 Å². The number of hydrogen-bond acceptors (Lipinski definition) is 3. The lowest BCUT2D eigenvalue weighted by Crippen LogP contribution is -2.17. The van der Waals surface area contributed by atoms with Crippen molar-refractivity contribution < 1.29 is 31.9 Å². The van der Waals surface area contributed by atoms with Gasteiger partial charge in [0, 0.05) is 6.20 Å². The number of carboxylic acid groups (broad SMARTS) is 1. The first kappa shape index (κ1) is 13.8. The van der Waals surface area contributed by atoms with Crippen LogP contribution in [0.25, 0.3) is 0 Å². The third-order valence-corrected chi connectivity index (χ3v) is 1.95. The molecule has 0 radical (unpaired) electrons. The van der Waals surface area contributed by atoms with Crippen molar-refractivity contribution >= 4 is 5.97 Å². The third kappa shape index (κ3) is 2.37. The van der Waals surface area contributed by atoms with Gasteiger partial charge >= 0.3 is 12.1 Å². The summed E-state index contributed by atoms with van der Waals surface area (Å²) in [6, 6.07) is 1.02. The topological polar surface area (TPSA) is 74.0 Å². The Bertz CT molecular complexity index is 533. The Morgan fingerprint density at radius 2 is 2.00 bits per heavy atom. The van der Waals surface area contributed by atoms with Gasteiger partial charge in [-0.25, -0.2) is 13.6 Å². The fourth-order valence-electron chi connectivity index (χ4n) is 1.24. The molecule has 1 aromatic rings. The van der Waals surface area contributed by atoms with Crippen LogP contribution in [0, 0.1) is 11.3 Å². The summed E-state index contributed by atoms with van der Waals surface area (Å²) in [7, 11) is 0. The van der Waals surface area contributed by atoms with E-state index in [0.29, 0.717) is 0 Å². The van der Waals surface area contributed by atoms with E-state index < -0.39 is 41.0 Å². The Morgan fingerprint density at radius 3 is 2.33 bits per heavy atom. The molecule has 18 heavy (non-hydrogen) atoms. The van der Waals surface area contributed by atoms with Crippen LogP contribution in [0.4, 0.5) is 22.0 Å². The number of nitriles is 1. The molecule has 1 aromatic heterocycles. The molecule has 96 valence electrons. The number of aromatic carboxylic acids is 1. The molecule has 0 aromatic carbocycles. The standard InChI is InChI=1S/C9H3F5N2O2/c10-7(11)6-3(1-15)5(8(17)18)4(2-16-6)9(12,13)14/h2,7H,(H,17,18). The quantitative estimate of drug-likeness (QED) is 0.835. The average Bonchev–Trinajstić information content (AvgIpc) is 2.25. The monoisotopic (exact) mass is 266 g/mol. The van der Waals surface area contributed by atoms with E-state index >= 15 is 0 Å². The van der Waals surface area contributed by atoms with Crippen molar-refractivity contribution in [2.24, 2.45) is 0 Å². The molecule has 0 fully saturated rings. The molecule has 1 rings (SSSR count). The predicted molar refractivity (Wildman–Crippen MR) is 45.9 cm³/mol. The first-order chi connectivity index (χ1) is 8.20. The Labute approximate surface area is 96.3 Å². The number of carbonyl (C=O) groups is 1. The summed E-state index contributed by atoms with van der Waals surface area (Å²) in [4.78, 5) is 13.5. The van der Waals surface area contributed by atoms with Gasteiger partial charge in [0.15, 0.2) is 0 Å². The van der Waals surface area contributed by atoms with Gasteiger partial charge in [0.1, 0.15) is 11.8 Å².